The van der Waals surface area contributed by atoms with Crippen molar-refractivity contribution in [3.8, 4) is 0 Å². The third-order valence-electron chi connectivity index (χ3n) is 4.86. The van der Waals surface area contributed by atoms with E-state index < -0.39 is 0 Å². The molecule has 0 radical (unpaired) electrons. The third kappa shape index (κ3) is 4.94. The normalized spacial score (nSPS) is 17.3. The number of nitrogens with one attached hydrogen (secondary N) is 2. The number of amides is 1. The molecule has 0 spiro atoms. The van der Waals surface area contributed by atoms with E-state index in [1.165, 1.54) is 37.7 Å². The van der Waals surface area contributed by atoms with E-state index in [-0.39, 0.29) is 5.91 Å². The molecule has 138 valence electrons. The van der Waals surface area contributed by atoms with E-state index >= 15 is 0 Å². The van der Waals surface area contributed by atoms with Crippen LogP contribution >= 0.6 is 12.2 Å². The van der Waals surface area contributed by atoms with Gasteiger partial charge in [-0.25, -0.2) is 0 Å². The monoisotopic (exact) mass is 369 g/mol. The minimum absolute atomic E-state index is 0.156. The standard InChI is InChI=1S/C21H27N3OS/c1-16-11-12-19(24-13-7-3-2-4-8-14-24)18(15-16)22-21(26)23-20(25)17-9-5-6-10-17/h5,9-12,15H,2-4,6-8,13-14H2,1H3,(H2,22,23,25,26). The second-order valence-electron chi connectivity index (χ2n) is 6.98. The molecule has 1 aromatic carbocycles. The van der Waals surface area contributed by atoms with E-state index in [4.69, 9.17) is 12.2 Å². The van der Waals surface area contributed by atoms with Crippen LogP contribution in [0.15, 0.2) is 42.0 Å². The summed E-state index contributed by atoms with van der Waals surface area (Å²) in [6, 6.07) is 6.39. The van der Waals surface area contributed by atoms with Crippen molar-refractivity contribution in [2.24, 2.45) is 0 Å². The molecule has 3 rings (SSSR count). The fourth-order valence-electron chi connectivity index (χ4n) is 3.47. The summed E-state index contributed by atoms with van der Waals surface area (Å²) >= 11 is 5.39. The summed E-state index contributed by atoms with van der Waals surface area (Å²) in [7, 11) is 0. The second-order valence-corrected chi connectivity index (χ2v) is 7.39. The van der Waals surface area contributed by atoms with Crippen LogP contribution in [0.1, 0.15) is 44.1 Å². The Morgan fingerprint density at radius 2 is 1.85 bits per heavy atom. The van der Waals surface area contributed by atoms with E-state index in [1.807, 2.05) is 18.2 Å². The van der Waals surface area contributed by atoms with E-state index in [0.29, 0.717) is 10.7 Å². The predicted molar refractivity (Wildman–Crippen MR) is 113 cm³/mol. The average molecular weight is 370 g/mol. The predicted octanol–water partition coefficient (Wildman–Crippen LogP) is 4.46. The van der Waals surface area contributed by atoms with Gasteiger partial charge in [0.2, 0.25) is 0 Å². The van der Waals surface area contributed by atoms with Crippen LogP contribution in [-0.4, -0.2) is 24.1 Å². The molecule has 1 aromatic rings. The fourth-order valence-corrected chi connectivity index (χ4v) is 3.67. The number of hydrogen-bond donors (Lipinski definition) is 2. The molecule has 1 aliphatic heterocycles. The van der Waals surface area contributed by atoms with Crippen LogP contribution in [0.3, 0.4) is 0 Å². The largest absolute Gasteiger partial charge is 0.370 e. The van der Waals surface area contributed by atoms with E-state index in [0.717, 1.165) is 30.9 Å². The van der Waals surface area contributed by atoms with Crippen molar-refractivity contribution in [3.05, 3.63) is 47.6 Å². The van der Waals surface area contributed by atoms with Crippen molar-refractivity contribution in [2.75, 3.05) is 23.3 Å². The van der Waals surface area contributed by atoms with Gasteiger partial charge in [0.05, 0.1) is 11.4 Å². The van der Waals surface area contributed by atoms with Gasteiger partial charge < -0.3 is 10.2 Å². The summed E-state index contributed by atoms with van der Waals surface area (Å²) in [5.41, 5.74) is 3.96. The van der Waals surface area contributed by atoms with Gasteiger partial charge in [0.1, 0.15) is 0 Å². The molecule has 4 nitrogen and oxygen atoms in total. The first-order valence-corrected chi connectivity index (χ1v) is 9.89. The number of benzene rings is 1. The number of carbonyl (C=O) groups is 1. The Labute approximate surface area is 161 Å². The Hall–Kier alpha value is -2.14. The Kier molecular flexibility index (Phi) is 6.45. The van der Waals surface area contributed by atoms with Crippen molar-refractivity contribution in [1.29, 1.82) is 0 Å². The SMILES string of the molecule is Cc1ccc(N2CCCCCCC2)c(NC(=S)NC(=O)C2=CCC=C2)c1. The zero-order valence-corrected chi connectivity index (χ0v) is 16.2. The fraction of sp³-hybridized carbons (Fsp3) is 0.429. The Morgan fingerprint density at radius 3 is 2.54 bits per heavy atom. The topological polar surface area (TPSA) is 44.4 Å². The summed E-state index contributed by atoms with van der Waals surface area (Å²) < 4.78 is 0. The van der Waals surface area contributed by atoms with Crippen molar-refractivity contribution < 1.29 is 4.79 Å². The van der Waals surface area contributed by atoms with E-state index in [2.05, 4.69) is 40.7 Å². The highest BCUT2D eigenvalue weighted by Crippen LogP contribution is 2.29. The Bertz CT molecular complexity index is 731. The first-order valence-electron chi connectivity index (χ1n) is 9.48. The van der Waals surface area contributed by atoms with Gasteiger partial charge in [0.15, 0.2) is 5.11 Å². The molecule has 0 bridgehead atoms. The zero-order chi connectivity index (χ0) is 18.4. The summed E-state index contributed by atoms with van der Waals surface area (Å²) in [6.45, 7) is 4.20. The van der Waals surface area contributed by atoms with Crippen LogP contribution < -0.4 is 15.5 Å². The number of carbonyl (C=O) groups excluding carboxylic acids is 1. The second kappa shape index (κ2) is 8.99. The number of anilines is 2. The van der Waals surface area contributed by atoms with E-state index in [9.17, 15) is 4.79 Å². The summed E-state index contributed by atoms with van der Waals surface area (Å²) in [5.74, 6) is -0.156. The van der Waals surface area contributed by atoms with Crippen LogP contribution in [0.2, 0.25) is 0 Å². The van der Waals surface area contributed by atoms with Gasteiger partial charge in [-0.15, -0.1) is 0 Å². The van der Waals surface area contributed by atoms with Gasteiger partial charge in [0, 0.05) is 18.7 Å². The zero-order valence-electron chi connectivity index (χ0n) is 15.4. The van der Waals surface area contributed by atoms with Gasteiger partial charge in [-0.05, 0) is 56.1 Å². The molecule has 0 aromatic heterocycles. The molecule has 2 aliphatic rings. The minimum atomic E-state index is -0.156. The lowest BCUT2D eigenvalue weighted by atomic mass is 10.1. The van der Waals surface area contributed by atoms with Crippen LogP contribution in [0.5, 0.6) is 0 Å². The van der Waals surface area contributed by atoms with Crippen LogP contribution in [0.25, 0.3) is 0 Å². The maximum Gasteiger partial charge on any atom is 0.257 e. The van der Waals surface area contributed by atoms with Crippen molar-refractivity contribution >= 4 is 34.6 Å². The quantitative estimate of drug-likeness (QED) is 0.772. The Balaban J connectivity index is 1.71. The Morgan fingerprint density at radius 1 is 1.12 bits per heavy atom. The molecular formula is C21H27N3OS. The molecule has 0 unspecified atom stereocenters. The summed E-state index contributed by atoms with van der Waals surface area (Å²) in [6.07, 6.45) is 12.9. The maximum absolute atomic E-state index is 12.2. The molecule has 1 amide bonds. The molecule has 1 saturated heterocycles. The van der Waals surface area contributed by atoms with Crippen molar-refractivity contribution in [1.82, 2.24) is 5.32 Å². The maximum atomic E-state index is 12.2. The lowest BCUT2D eigenvalue weighted by Crippen LogP contribution is -2.35. The summed E-state index contributed by atoms with van der Waals surface area (Å²) in [5, 5.41) is 6.37. The van der Waals surface area contributed by atoms with Crippen LogP contribution in [0.4, 0.5) is 11.4 Å². The van der Waals surface area contributed by atoms with Crippen molar-refractivity contribution in [3.63, 3.8) is 0 Å². The highest BCUT2D eigenvalue weighted by Gasteiger charge is 2.16. The molecule has 1 aliphatic carbocycles. The molecule has 2 N–H and O–H groups in total. The van der Waals surface area contributed by atoms with Gasteiger partial charge in [0.25, 0.3) is 5.91 Å². The number of thiocarbonyl (C=S) groups is 1. The van der Waals surface area contributed by atoms with E-state index in [1.54, 1.807) is 0 Å². The van der Waals surface area contributed by atoms with Crippen LogP contribution in [-0.2, 0) is 4.79 Å². The summed E-state index contributed by atoms with van der Waals surface area (Å²) in [4.78, 5) is 14.7. The lowest BCUT2D eigenvalue weighted by Gasteiger charge is -2.29. The minimum Gasteiger partial charge on any atom is -0.370 e. The number of allylic oxidation sites excluding steroid dienone is 2. The smallest absolute Gasteiger partial charge is 0.257 e. The highest BCUT2D eigenvalue weighted by atomic mass is 32.1. The number of nitrogens with zero attached hydrogens (tertiary/aromatic N) is 1. The molecule has 1 fully saturated rings. The number of aryl methyl sites for hydroxylation is 1. The third-order valence-corrected chi connectivity index (χ3v) is 5.06. The highest BCUT2D eigenvalue weighted by molar-refractivity contribution is 7.80. The van der Waals surface area contributed by atoms with Crippen molar-refractivity contribution in [2.45, 2.75) is 45.4 Å². The first kappa shape index (κ1) is 18.6. The molecule has 0 atom stereocenters. The molecule has 0 saturated carbocycles. The average Bonchev–Trinajstić information content (AvgIpc) is 3.10. The molecule has 5 heteroatoms. The van der Waals surface area contributed by atoms with Gasteiger partial charge in [-0.2, -0.15) is 0 Å². The van der Waals surface area contributed by atoms with Gasteiger partial charge in [-0.1, -0.05) is 43.6 Å². The van der Waals surface area contributed by atoms with Gasteiger partial charge >= 0.3 is 0 Å². The molecule has 1 heterocycles. The molecule has 26 heavy (non-hydrogen) atoms. The first-order chi connectivity index (χ1) is 12.6. The molecular weight excluding hydrogens is 342 g/mol. The lowest BCUT2D eigenvalue weighted by molar-refractivity contribution is -0.115. The van der Waals surface area contributed by atoms with Gasteiger partial charge in [-0.3, -0.25) is 10.1 Å². The number of rotatable bonds is 3. The number of hydrogen-bond acceptors (Lipinski definition) is 3. The van der Waals surface area contributed by atoms with Crippen LogP contribution in [0, 0.1) is 6.92 Å².